The molecule has 0 fully saturated rings. The Hall–Kier alpha value is -1.93. The second-order valence-electron chi connectivity index (χ2n) is 6.23. The van der Waals surface area contributed by atoms with Crippen LogP contribution in [0.5, 0.6) is 0 Å². The van der Waals surface area contributed by atoms with E-state index in [1.54, 1.807) is 13.1 Å². The van der Waals surface area contributed by atoms with Crippen molar-refractivity contribution >= 4 is 21.9 Å². The summed E-state index contributed by atoms with van der Waals surface area (Å²) in [5.74, 6) is -1.63. The van der Waals surface area contributed by atoms with E-state index in [4.69, 9.17) is 0 Å². The average molecular weight is 384 g/mol. The molecule has 1 rings (SSSR count). The van der Waals surface area contributed by atoms with Crippen LogP contribution in [0, 0.1) is 0 Å². The van der Waals surface area contributed by atoms with Crippen molar-refractivity contribution in [1.29, 1.82) is 0 Å². The van der Waals surface area contributed by atoms with E-state index in [-0.39, 0.29) is 16.9 Å². The molecule has 146 valence electrons. The number of sulfonamides is 1. The molecular weight excluding hydrogens is 356 g/mol. The van der Waals surface area contributed by atoms with E-state index >= 15 is 0 Å². The van der Waals surface area contributed by atoms with Gasteiger partial charge in [-0.05, 0) is 25.0 Å². The summed E-state index contributed by atoms with van der Waals surface area (Å²) in [5.41, 5.74) is 0.0400. The molecule has 26 heavy (non-hydrogen) atoms. The average Bonchev–Trinajstić information content (AvgIpc) is 2.62. The number of aliphatic carboxylic acids is 1. The van der Waals surface area contributed by atoms with Crippen LogP contribution in [0.25, 0.3) is 0 Å². The molecule has 7 nitrogen and oxygen atoms in total. The Kier molecular flexibility index (Phi) is 8.74. The Balaban J connectivity index is 3.13. The lowest BCUT2D eigenvalue weighted by molar-refractivity contribution is -0.139. The van der Waals surface area contributed by atoms with Crippen molar-refractivity contribution < 1.29 is 23.1 Å². The van der Waals surface area contributed by atoms with E-state index in [0.29, 0.717) is 13.0 Å². The number of benzene rings is 1. The molecule has 1 aromatic rings. The Morgan fingerprint density at radius 2 is 1.77 bits per heavy atom. The van der Waals surface area contributed by atoms with Crippen LogP contribution < -0.4 is 4.72 Å². The third-order valence-electron chi connectivity index (χ3n) is 4.04. The van der Waals surface area contributed by atoms with Crippen LogP contribution in [0.15, 0.2) is 29.2 Å². The molecule has 0 radical (unpaired) electrons. The lowest BCUT2D eigenvalue weighted by atomic mass is 10.1. The normalized spacial score (nSPS) is 12.6. The number of carboxylic acids is 1. The molecule has 0 aliphatic rings. The fourth-order valence-corrected chi connectivity index (χ4v) is 3.89. The van der Waals surface area contributed by atoms with Gasteiger partial charge in [-0.25, -0.2) is 8.42 Å². The minimum atomic E-state index is -4.14. The van der Waals surface area contributed by atoms with Gasteiger partial charge in [0.1, 0.15) is 6.04 Å². The maximum atomic E-state index is 12.7. The molecule has 8 heteroatoms. The Labute approximate surface area is 155 Å². The zero-order valence-electron chi connectivity index (χ0n) is 15.6. The van der Waals surface area contributed by atoms with Gasteiger partial charge in [0.15, 0.2) is 0 Å². The number of carbonyl (C=O) groups is 2. The summed E-state index contributed by atoms with van der Waals surface area (Å²) in [6.07, 6.45) is 3.25. The molecule has 0 spiro atoms. The topological polar surface area (TPSA) is 104 Å². The number of hydrogen-bond acceptors (Lipinski definition) is 4. The van der Waals surface area contributed by atoms with Crippen LogP contribution in [-0.2, 0) is 14.8 Å². The lowest BCUT2D eigenvalue weighted by Gasteiger charge is -2.20. The quantitative estimate of drug-likeness (QED) is 0.610. The maximum absolute atomic E-state index is 12.7. The predicted molar refractivity (Wildman–Crippen MR) is 99.6 cm³/mol. The molecule has 2 N–H and O–H groups in total. The summed E-state index contributed by atoms with van der Waals surface area (Å²) in [7, 11) is -2.52. The van der Waals surface area contributed by atoms with Crippen molar-refractivity contribution in [2.24, 2.45) is 0 Å². The van der Waals surface area contributed by atoms with E-state index in [0.717, 1.165) is 19.3 Å². The first kappa shape index (κ1) is 22.1. The van der Waals surface area contributed by atoms with Crippen molar-refractivity contribution in [3.63, 3.8) is 0 Å². The summed E-state index contributed by atoms with van der Waals surface area (Å²) in [4.78, 5) is 25.3. The van der Waals surface area contributed by atoms with Gasteiger partial charge in [0.2, 0.25) is 10.0 Å². The van der Waals surface area contributed by atoms with Gasteiger partial charge in [-0.1, -0.05) is 45.2 Å². The van der Waals surface area contributed by atoms with E-state index in [2.05, 4.69) is 4.72 Å². The minimum absolute atomic E-state index is 0.0400. The minimum Gasteiger partial charge on any atom is -0.480 e. The molecule has 0 bridgehead atoms. The van der Waals surface area contributed by atoms with Crippen molar-refractivity contribution in [1.82, 2.24) is 9.62 Å². The molecule has 0 saturated heterocycles. The highest BCUT2D eigenvalue weighted by Gasteiger charge is 2.29. The van der Waals surface area contributed by atoms with Crippen LogP contribution >= 0.6 is 0 Å². The SMILES string of the molecule is CCCCC(NS(=O)(=O)c1ccccc1C(=O)N(C)CCCC)C(=O)O. The van der Waals surface area contributed by atoms with Crippen LogP contribution in [0.3, 0.4) is 0 Å². The van der Waals surface area contributed by atoms with Crippen molar-refractivity contribution in [2.75, 3.05) is 13.6 Å². The number of carboxylic acid groups (broad SMARTS) is 1. The molecule has 0 aromatic heterocycles. The number of nitrogens with one attached hydrogen (secondary N) is 1. The molecule has 0 aliphatic heterocycles. The summed E-state index contributed by atoms with van der Waals surface area (Å²) < 4.78 is 27.7. The summed E-state index contributed by atoms with van der Waals surface area (Å²) in [6.45, 7) is 4.42. The first-order valence-corrected chi connectivity index (χ1v) is 10.3. The summed E-state index contributed by atoms with van der Waals surface area (Å²) in [6, 6.07) is 4.65. The second-order valence-corrected chi connectivity index (χ2v) is 7.91. The highest BCUT2D eigenvalue weighted by molar-refractivity contribution is 7.89. The van der Waals surface area contributed by atoms with Crippen LogP contribution in [0.4, 0.5) is 0 Å². The molecule has 0 saturated carbocycles. The Morgan fingerprint density at radius 3 is 2.35 bits per heavy atom. The second kappa shape index (κ2) is 10.3. The fourth-order valence-electron chi connectivity index (χ4n) is 2.47. The van der Waals surface area contributed by atoms with E-state index in [9.17, 15) is 23.1 Å². The molecular formula is C18H28N2O5S. The van der Waals surface area contributed by atoms with Gasteiger partial charge < -0.3 is 10.0 Å². The molecule has 0 aliphatic carbocycles. The molecule has 1 aromatic carbocycles. The van der Waals surface area contributed by atoms with Crippen molar-refractivity contribution in [3.05, 3.63) is 29.8 Å². The fraction of sp³-hybridized carbons (Fsp3) is 0.556. The zero-order valence-corrected chi connectivity index (χ0v) is 16.4. The van der Waals surface area contributed by atoms with Crippen LogP contribution in [0.2, 0.25) is 0 Å². The summed E-state index contributed by atoms with van der Waals surface area (Å²) in [5, 5.41) is 9.27. The highest BCUT2D eigenvalue weighted by atomic mass is 32.2. The van der Waals surface area contributed by atoms with Crippen LogP contribution in [-0.4, -0.2) is 49.9 Å². The van der Waals surface area contributed by atoms with Crippen molar-refractivity contribution in [3.8, 4) is 0 Å². The largest absolute Gasteiger partial charge is 0.480 e. The van der Waals surface area contributed by atoms with E-state index < -0.39 is 27.9 Å². The summed E-state index contributed by atoms with van der Waals surface area (Å²) >= 11 is 0. The van der Waals surface area contributed by atoms with E-state index in [1.165, 1.54) is 23.1 Å². The lowest BCUT2D eigenvalue weighted by Crippen LogP contribution is -2.41. The van der Waals surface area contributed by atoms with Gasteiger partial charge in [0.25, 0.3) is 5.91 Å². The third-order valence-corrected chi connectivity index (χ3v) is 5.57. The number of amides is 1. The number of carbonyl (C=O) groups excluding carboxylic acids is 1. The Bertz CT molecular complexity index is 718. The van der Waals surface area contributed by atoms with Gasteiger partial charge in [-0.2, -0.15) is 4.72 Å². The third kappa shape index (κ3) is 6.10. The maximum Gasteiger partial charge on any atom is 0.321 e. The molecule has 0 heterocycles. The van der Waals surface area contributed by atoms with Gasteiger partial charge in [0.05, 0.1) is 10.5 Å². The molecule has 1 amide bonds. The van der Waals surface area contributed by atoms with Gasteiger partial charge in [0, 0.05) is 13.6 Å². The van der Waals surface area contributed by atoms with Gasteiger partial charge >= 0.3 is 5.97 Å². The van der Waals surface area contributed by atoms with Crippen LogP contribution in [0.1, 0.15) is 56.3 Å². The van der Waals surface area contributed by atoms with Gasteiger partial charge in [-0.3, -0.25) is 9.59 Å². The predicted octanol–water partition coefficient (Wildman–Crippen LogP) is 2.48. The number of nitrogens with zero attached hydrogens (tertiary/aromatic N) is 1. The number of rotatable bonds is 11. The Morgan fingerprint density at radius 1 is 1.15 bits per heavy atom. The molecule has 1 unspecified atom stereocenters. The van der Waals surface area contributed by atoms with E-state index in [1.807, 2.05) is 13.8 Å². The number of unbranched alkanes of at least 4 members (excludes halogenated alkanes) is 2. The first-order chi connectivity index (χ1) is 12.2. The van der Waals surface area contributed by atoms with Gasteiger partial charge in [-0.15, -0.1) is 0 Å². The molecule has 1 atom stereocenters. The first-order valence-electron chi connectivity index (χ1n) is 8.84. The standard InChI is InChI=1S/C18H28N2O5S/c1-4-6-11-15(18(22)23)19-26(24,25)16-12-9-8-10-14(16)17(21)20(3)13-7-5-2/h8-10,12,15,19H,4-7,11,13H2,1-3H3,(H,22,23). The van der Waals surface area contributed by atoms with Crippen molar-refractivity contribution in [2.45, 2.75) is 56.9 Å². The highest BCUT2D eigenvalue weighted by Crippen LogP contribution is 2.18. The monoisotopic (exact) mass is 384 g/mol. The number of hydrogen-bond donors (Lipinski definition) is 2. The smallest absolute Gasteiger partial charge is 0.321 e. The zero-order chi connectivity index (χ0) is 19.7.